The first-order valence-corrected chi connectivity index (χ1v) is 33.8. The number of carbonyl (C=O) groups is 2. The average Bonchev–Trinajstić information content (AvgIpc) is 3.39. The van der Waals surface area contributed by atoms with E-state index in [1.165, 1.54) is 321 Å². The van der Waals surface area contributed by atoms with Gasteiger partial charge in [0.2, 0.25) is 5.91 Å². The molecule has 2 atom stereocenters. The number of amides is 1. The highest BCUT2D eigenvalue weighted by Gasteiger charge is 2.20. The van der Waals surface area contributed by atoms with Crippen molar-refractivity contribution in [2.45, 2.75) is 405 Å². The molecule has 0 radical (unpaired) electrons. The van der Waals surface area contributed by atoms with Crippen LogP contribution in [0.15, 0.2) is 0 Å². The molecule has 0 heterocycles. The number of hydrogen-bond acceptors (Lipinski definition) is 5. The second-order valence-corrected chi connectivity index (χ2v) is 23.5. The third kappa shape index (κ3) is 60.0. The molecule has 73 heavy (non-hydrogen) atoms. The van der Waals surface area contributed by atoms with E-state index in [2.05, 4.69) is 19.2 Å². The van der Waals surface area contributed by atoms with E-state index in [0.717, 1.165) is 38.5 Å². The molecule has 6 nitrogen and oxygen atoms in total. The van der Waals surface area contributed by atoms with Crippen LogP contribution < -0.4 is 5.32 Å². The number of aliphatic hydroxyl groups excluding tert-OH is 2. The molecule has 0 aromatic carbocycles. The zero-order valence-corrected chi connectivity index (χ0v) is 49.9. The third-order valence-electron chi connectivity index (χ3n) is 16.2. The lowest BCUT2D eigenvalue weighted by atomic mass is 10.0. The molecule has 0 aliphatic rings. The molecule has 436 valence electrons. The Labute approximate surface area is 457 Å². The lowest BCUT2D eigenvalue weighted by Crippen LogP contribution is -2.45. The van der Waals surface area contributed by atoms with Crippen molar-refractivity contribution in [2.24, 2.45) is 0 Å². The van der Waals surface area contributed by atoms with Gasteiger partial charge < -0.3 is 20.3 Å². The molecule has 3 N–H and O–H groups in total. The Morgan fingerprint density at radius 3 is 0.836 bits per heavy atom. The molecule has 0 saturated carbocycles. The fourth-order valence-electron chi connectivity index (χ4n) is 11.0. The number of rotatable bonds is 64. The molecule has 0 spiro atoms. The van der Waals surface area contributed by atoms with Gasteiger partial charge in [-0.25, -0.2) is 0 Å². The quantitative estimate of drug-likeness (QED) is 0.0417. The highest BCUT2D eigenvalue weighted by Crippen LogP contribution is 2.19. The zero-order chi connectivity index (χ0) is 52.9. The normalized spacial score (nSPS) is 12.4. The molecule has 0 fully saturated rings. The molecular weight excluding hydrogens is 899 g/mol. The lowest BCUT2D eigenvalue weighted by Gasteiger charge is -2.22. The summed E-state index contributed by atoms with van der Waals surface area (Å²) < 4.78 is 5.50. The molecular formula is C67H133NO5. The van der Waals surface area contributed by atoms with Crippen LogP contribution in [-0.4, -0.2) is 47.4 Å². The van der Waals surface area contributed by atoms with Gasteiger partial charge in [-0.15, -0.1) is 0 Å². The number of ether oxygens (including phenoxy) is 1. The van der Waals surface area contributed by atoms with Crippen LogP contribution in [0.5, 0.6) is 0 Å². The van der Waals surface area contributed by atoms with E-state index in [9.17, 15) is 19.8 Å². The Morgan fingerprint density at radius 1 is 0.329 bits per heavy atom. The van der Waals surface area contributed by atoms with Gasteiger partial charge >= 0.3 is 5.97 Å². The van der Waals surface area contributed by atoms with Gasteiger partial charge in [0.15, 0.2) is 0 Å². The van der Waals surface area contributed by atoms with Crippen molar-refractivity contribution in [3.63, 3.8) is 0 Å². The van der Waals surface area contributed by atoms with Gasteiger partial charge in [0.25, 0.3) is 0 Å². The maximum atomic E-state index is 12.5. The van der Waals surface area contributed by atoms with Crippen molar-refractivity contribution in [3.05, 3.63) is 0 Å². The van der Waals surface area contributed by atoms with Crippen molar-refractivity contribution in [1.29, 1.82) is 0 Å². The molecule has 0 aliphatic heterocycles. The SMILES string of the molecule is CCCCCCCCCCCCCCCCCCCCCCCCC(O)C(CO)NC(=O)CCCCCCCCCCCCCCCCCCCCOC(=O)CCCCCCCCCCCCCCCCCC. The van der Waals surface area contributed by atoms with E-state index in [4.69, 9.17) is 4.74 Å². The summed E-state index contributed by atoms with van der Waals surface area (Å²) >= 11 is 0. The predicted octanol–water partition coefficient (Wildman–Crippen LogP) is 21.4. The number of unbranched alkanes of at least 4 members (excludes halogenated alkanes) is 53. The number of aliphatic hydroxyl groups is 2. The van der Waals surface area contributed by atoms with Crippen LogP contribution in [0.3, 0.4) is 0 Å². The molecule has 1 amide bonds. The van der Waals surface area contributed by atoms with E-state index in [0.29, 0.717) is 25.9 Å². The smallest absolute Gasteiger partial charge is 0.305 e. The summed E-state index contributed by atoms with van der Waals surface area (Å²) in [4.78, 5) is 24.6. The van der Waals surface area contributed by atoms with Crippen molar-refractivity contribution in [2.75, 3.05) is 13.2 Å². The van der Waals surface area contributed by atoms with E-state index in [1.54, 1.807) is 0 Å². The average molecular weight is 1030 g/mol. The van der Waals surface area contributed by atoms with Gasteiger partial charge in [0.05, 0.1) is 25.4 Å². The molecule has 6 heteroatoms. The monoisotopic (exact) mass is 1030 g/mol. The van der Waals surface area contributed by atoms with Gasteiger partial charge in [-0.2, -0.15) is 0 Å². The number of nitrogens with one attached hydrogen (secondary N) is 1. The first-order valence-electron chi connectivity index (χ1n) is 33.8. The predicted molar refractivity (Wildman–Crippen MR) is 320 cm³/mol. The molecule has 0 saturated heterocycles. The molecule has 2 unspecified atom stereocenters. The second kappa shape index (κ2) is 63.4. The van der Waals surface area contributed by atoms with Crippen molar-refractivity contribution >= 4 is 11.9 Å². The highest BCUT2D eigenvalue weighted by molar-refractivity contribution is 5.76. The Morgan fingerprint density at radius 2 is 0.562 bits per heavy atom. The van der Waals surface area contributed by atoms with Gasteiger partial charge in [0, 0.05) is 12.8 Å². The number of carbonyl (C=O) groups excluding carboxylic acids is 2. The van der Waals surface area contributed by atoms with Crippen LogP contribution in [0.25, 0.3) is 0 Å². The van der Waals surface area contributed by atoms with Crippen molar-refractivity contribution in [3.8, 4) is 0 Å². The minimum absolute atomic E-state index is 0.0124. The van der Waals surface area contributed by atoms with Gasteiger partial charge in [-0.05, 0) is 25.7 Å². The Bertz CT molecular complexity index is 1050. The van der Waals surface area contributed by atoms with Crippen molar-refractivity contribution in [1.82, 2.24) is 5.32 Å². The molecule has 0 aromatic rings. The maximum Gasteiger partial charge on any atom is 0.305 e. The van der Waals surface area contributed by atoms with E-state index < -0.39 is 12.1 Å². The minimum Gasteiger partial charge on any atom is -0.466 e. The lowest BCUT2D eigenvalue weighted by molar-refractivity contribution is -0.143. The van der Waals surface area contributed by atoms with E-state index >= 15 is 0 Å². The molecule has 0 aliphatic carbocycles. The fraction of sp³-hybridized carbons (Fsp3) is 0.970. The number of esters is 1. The van der Waals surface area contributed by atoms with Crippen LogP contribution in [-0.2, 0) is 14.3 Å². The third-order valence-corrected chi connectivity index (χ3v) is 16.2. The fourth-order valence-corrected chi connectivity index (χ4v) is 11.0. The second-order valence-electron chi connectivity index (χ2n) is 23.5. The maximum absolute atomic E-state index is 12.5. The van der Waals surface area contributed by atoms with Crippen LogP contribution >= 0.6 is 0 Å². The van der Waals surface area contributed by atoms with Gasteiger partial charge in [-0.1, -0.05) is 354 Å². The van der Waals surface area contributed by atoms with Crippen LogP contribution in [0.2, 0.25) is 0 Å². The summed E-state index contributed by atoms with van der Waals surface area (Å²) in [7, 11) is 0. The summed E-state index contributed by atoms with van der Waals surface area (Å²) in [5, 5.41) is 23.4. The van der Waals surface area contributed by atoms with Crippen molar-refractivity contribution < 1.29 is 24.5 Å². The van der Waals surface area contributed by atoms with Crippen LogP contribution in [0, 0.1) is 0 Å². The summed E-state index contributed by atoms with van der Waals surface area (Å²) in [5.74, 6) is -0.0211. The molecule has 0 rings (SSSR count). The van der Waals surface area contributed by atoms with Crippen LogP contribution in [0.1, 0.15) is 393 Å². The Hall–Kier alpha value is -1.14. The molecule has 0 aromatic heterocycles. The Kier molecular flexibility index (Phi) is 62.4. The largest absolute Gasteiger partial charge is 0.466 e. The summed E-state index contributed by atoms with van der Waals surface area (Å²) in [6, 6.07) is -0.544. The first kappa shape index (κ1) is 71.9. The molecule has 0 bridgehead atoms. The Balaban J connectivity index is 3.38. The van der Waals surface area contributed by atoms with E-state index in [-0.39, 0.29) is 18.5 Å². The topological polar surface area (TPSA) is 95.9 Å². The number of hydrogen-bond donors (Lipinski definition) is 3. The standard InChI is InChI=1S/C67H133NO5/c1-3-5-7-9-11-13-15-17-19-21-22-23-24-25-28-31-35-39-43-47-51-55-59-65(70)64(63-69)68-66(71)60-56-52-48-44-40-36-32-29-26-27-30-34-38-42-46-50-54-58-62-73-67(72)61-57-53-49-45-41-37-33-20-18-16-14-12-10-8-6-4-2/h64-65,69-70H,3-63H2,1-2H3,(H,68,71). The highest BCUT2D eigenvalue weighted by atomic mass is 16.5. The van der Waals surface area contributed by atoms with Gasteiger partial charge in [-0.3, -0.25) is 9.59 Å². The summed E-state index contributed by atoms with van der Waals surface area (Å²) in [6.45, 7) is 4.99. The van der Waals surface area contributed by atoms with Crippen LogP contribution in [0.4, 0.5) is 0 Å². The summed E-state index contributed by atoms with van der Waals surface area (Å²) in [5.41, 5.74) is 0. The first-order chi connectivity index (χ1) is 36.0. The van der Waals surface area contributed by atoms with Gasteiger partial charge in [0.1, 0.15) is 0 Å². The minimum atomic E-state index is -0.667. The summed E-state index contributed by atoms with van der Waals surface area (Å²) in [6.07, 6.45) is 75.5. The van der Waals surface area contributed by atoms with E-state index in [1.807, 2.05) is 0 Å². The zero-order valence-electron chi connectivity index (χ0n) is 49.9.